The molecule has 1 aromatic carbocycles. The lowest BCUT2D eigenvalue weighted by Gasteiger charge is -2.13. The summed E-state index contributed by atoms with van der Waals surface area (Å²) in [5.41, 5.74) is 1.95. The quantitative estimate of drug-likeness (QED) is 0.733. The summed E-state index contributed by atoms with van der Waals surface area (Å²) in [7, 11) is 0. The van der Waals surface area contributed by atoms with Gasteiger partial charge in [-0.1, -0.05) is 30.3 Å². The number of fused-ring (bicyclic) bond motifs is 3. The van der Waals surface area contributed by atoms with Gasteiger partial charge in [0.1, 0.15) is 16.4 Å². The molecule has 4 rings (SSSR count). The number of rotatable bonds is 3. The third-order valence-electron chi connectivity index (χ3n) is 4.49. The van der Waals surface area contributed by atoms with Gasteiger partial charge in [-0.3, -0.25) is 14.2 Å². The van der Waals surface area contributed by atoms with Crippen LogP contribution in [0.15, 0.2) is 35.1 Å². The molecule has 0 saturated carbocycles. The molecule has 24 heavy (non-hydrogen) atoms. The molecule has 0 N–H and O–H groups in total. The second kappa shape index (κ2) is 5.98. The average Bonchev–Trinajstić information content (AvgIpc) is 2.96. The Morgan fingerprint density at radius 2 is 1.96 bits per heavy atom. The number of carbonyl (C=O) groups excluding carboxylic acids is 1. The van der Waals surface area contributed by atoms with E-state index < -0.39 is 0 Å². The maximum absolute atomic E-state index is 13.2. The van der Waals surface area contributed by atoms with E-state index in [-0.39, 0.29) is 17.9 Å². The van der Waals surface area contributed by atoms with Crippen LogP contribution in [0.3, 0.4) is 0 Å². The van der Waals surface area contributed by atoms with Crippen molar-refractivity contribution in [2.24, 2.45) is 0 Å². The van der Waals surface area contributed by atoms with E-state index in [4.69, 9.17) is 4.98 Å². The molecule has 1 aliphatic rings. The normalized spacial score (nSPS) is 13.9. The van der Waals surface area contributed by atoms with E-state index in [1.165, 1.54) is 18.2 Å². The summed E-state index contributed by atoms with van der Waals surface area (Å²) in [5, 5.41) is 0.732. The highest BCUT2D eigenvalue weighted by atomic mass is 32.1. The molecule has 3 aromatic rings. The van der Waals surface area contributed by atoms with Gasteiger partial charge in [0.2, 0.25) is 0 Å². The van der Waals surface area contributed by atoms with E-state index >= 15 is 0 Å². The SMILES string of the molecule is CC(=O)Cn1c(-c2ccccc2)nc2sc3c(c2c1=O)CCCC3. The molecule has 2 aromatic heterocycles. The van der Waals surface area contributed by atoms with E-state index in [1.807, 2.05) is 30.3 Å². The number of ketones is 1. The number of nitrogens with zero attached hydrogens (tertiary/aromatic N) is 2. The Labute approximate surface area is 143 Å². The fourth-order valence-electron chi connectivity index (χ4n) is 3.42. The Morgan fingerprint density at radius 3 is 2.71 bits per heavy atom. The highest BCUT2D eigenvalue weighted by molar-refractivity contribution is 7.18. The Hall–Kier alpha value is -2.27. The Bertz CT molecular complexity index is 986. The molecule has 0 amide bonds. The maximum atomic E-state index is 13.2. The molecular formula is C19H18N2O2S. The van der Waals surface area contributed by atoms with Crippen molar-refractivity contribution in [3.8, 4) is 11.4 Å². The Kier molecular flexibility index (Phi) is 3.81. The van der Waals surface area contributed by atoms with Gasteiger partial charge >= 0.3 is 0 Å². The summed E-state index contributed by atoms with van der Waals surface area (Å²) in [6.07, 6.45) is 4.26. The van der Waals surface area contributed by atoms with Crippen molar-refractivity contribution < 1.29 is 4.79 Å². The molecular weight excluding hydrogens is 320 g/mol. The van der Waals surface area contributed by atoms with Crippen LogP contribution in [-0.4, -0.2) is 15.3 Å². The number of benzene rings is 1. The van der Waals surface area contributed by atoms with Gasteiger partial charge in [-0.15, -0.1) is 11.3 Å². The summed E-state index contributed by atoms with van der Waals surface area (Å²) in [4.78, 5) is 31.8. The minimum Gasteiger partial charge on any atom is -0.298 e. The summed E-state index contributed by atoms with van der Waals surface area (Å²) >= 11 is 1.64. The number of hydrogen-bond acceptors (Lipinski definition) is 4. The van der Waals surface area contributed by atoms with Gasteiger partial charge < -0.3 is 0 Å². The Morgan fingerprint density at radius 1 is 1.21 bits per heavy atom. The summed E-state index contributed by atoms with van der Waals surface area (Å²) in [6, 6.07) is 9.63. The molecule has 0 saturated heterocycles. The van der Waals surface area contributed by atoms with Crippen LogP contribution in [-0.2, 0) is 24.2 Å². The molecule has 4 nitrogen and oxygen atoms in total. The van der Waals surface area contributed by atoms with E-state index in [0.29, 0.717) is 5.82 Å². The van der Waals surface area contributed by atoms with Gasteiger partial charge in [0.15, 0.2) is 0 Å². The summed E-state index contributed by atoms with van der Waals surface area (Å²) in [6.45, 7) is 1.57. The topological polar surface area (TPSA) is 52.0 Å². The van der Waals surface area contributed by atoms with Gasteiger partial charge in [0.25, 0.3) is 5.56 Å². The predicted molar refractivity (Wildman–Crippen MR) is 96.6 cm³/mol. The molecule has 5 heteroatoms. The van der Waals surface area contributed by atoms with Gasteiger partial charge in [-0.2, -0.15) is 0 Å². The summed E-state index contributed by atoms with van der Waals surface area (Å²) < 4.78 is 1.54. The molecule has 0 fully saturated rings. The van der Waals surface area contributed by atoms with Crippen LogP contribution < -0.4 is 5.56 Å². The predicted octanol–water partition coefficient (Wildman–Crippen LogP) is 3.59. The van der Waals surface area contributed by atoms with E-state index in [1.54, 1.807) is 15.9 Å². The van der Waals surface area contributed by atoms with Crippen molar-refractivity contribution in [2.75, 3.05) is 0 Å². The van der Waals surface area contributed by atoms with Crippen LogP contribution in [0.2, 0.25) is 0 Å². The zero-order valence-electron chi connectivity index (χ0n) is 13.5. The van der Waals surface area contributed by atoms with Crippen molar-refractivity contribution in [1.29, 1.82) is 0 Å². The number of carbonyl (C=O) groups is 1. The lowest BCUT2D eigenvalue weighted by atomic mass is 9.97. The van der Waals surface area contributed by atoms with Crippen LogP contribution in [0.1, 0.15) is 30.2 Å². The van der Waals surface area contributed by atoms with E-state index in [0.717, 1.165) is 40.6 Å². The van der Waals surface area contributed by atoms with Crippen molar-refractivity contribution in [2.45, 2.75) is 39.2 Å². The molecule has 0 atom stereocenters. The van der Waals surface area contributed by atoms with Crippen LogP contribution in [0.4, 0.5) is 0 Å². The minimum absolute atomic E-state index is 0.0421. The number of Topliss-reactive ketones (excluding diaryl/α,β-unsaturated/α-hetero) is 1. The third-order valence-corrected chi connectivity index (χ3v) is 5.67. The molecule has 122 valence electrons. The highest BCUT2D eigenvalue weighted by Gasteiger charge is 2.22. The first-order chi connectivity index (χ1) is 11.6. The third kappa shape index (κ3) is 2.49. The molecule has 0 bridgehead atoms. The van der Waals surface area contributed by atoms with Crippen molar-refractivity contribution >= 4 is 27.3 Å². The zero-order chi connectivity index (χ0) is 16.7. The number of hydrogen-bond donors (Lipinski definition) is 0. The number of aryl methyl sites for hydroxylation is 2. The molecule has 0 radical (unpaired) electrons. The molecule has 2 heterocycles. The fraction of sp³-hybridized carbons (Fsp3) is 0.316. The van der Waals surface area contributed by atoms with E-state index in [2.05, 4.69) is 0 Å². The Balaban J connectivity index is 2.04. The van der Waals surface area contributed by atoms with Crippen LogP contribution >= 0.6 is 11.3 Å². The minimum atomic E-state index is -0.0755. The second-order valence-electron chi connectivity index (χ2n) is 6.29. The second-order valence-corrected chi connectivity index (χ2v) is 7.37. The van der Waals surface area contributed by atoms with Crippen molar-refractivity contribution in [1.82, 2.24) is 9.55 Å². The summed E-state index contributed by atoms with van der Waals surface area (Å²) in [5.74, 6) is 0.543. The van der Waals surface area contributed by atoms with Crippen LogP contribution in [0.25, 0.3) is 21.6 Å². The molecule has 1 aliphatic carbocycles. The average molecular weight is 338 g/mol. The van der Waals surface area contributed by atoms with Crippen LogP contribution in [0, 0.1) is 0 Å². The lowest BCUT2D eigenvalue weighted by molar-refractivity contribution is -0.117. The highest BCUT2D eigenvalue weighted by Crippen LogP contribution is 2.34. The monoisotopic (exact) mass is 338 g/mol. The molecule has 0 aliphatic heterocycles. The first-order valence-electron chi connectivity index (χ1n) is 8.25. The fourth-order valence-corrected chi connectivity index (χ4v) is 4.67. The van der Waals surface area contributed by atoms with Gasteiger partial charge in [-0.05, 0) is 38.2 Å². The first-order valence-corrected chi connectivity index (χ1v) is 9.06. The number of aromatic nitrogens is 2. The zero-order valence-corrected chi connectivity index (χ0v) is 14.4. The maximum Gasteiger partial charge on any atom is 0.263 e. The smallest absolute Gasteiger partial charge is 0.263 e. The standard InChI is InChI=1S/C19H18N2O2S/c1-12(22)11-21-17(13-7-3-2-4-8-13)20-18-16(19(21)23)14-9-5-6-10-15(14)24-18/h2-4,7-8H,5-6,9-11H2,1H3. The molecule has 0 unspecified atom stereocenters. The van der Waals surface area contributed by atoms with Crippen molar-refractivity contribution in [3.05, 3.63) is 51.1 Å². The first kappa shape index (κ1) is 15.3. The van der Waals surface area contributed by atoms with Gasteiger partial charge in [-0.25, -0.2) is 4.98 Å². The van der Waals surface area contributed by atoms with Gasteiger partial charge in [0, 0.05) is 10.4 Å². The largest absolute Gasteiger partial charge is 0.298 e. The van der Waals surface area contributed by atoms with Crippen LogP contribution in [0.5, 0.6) is 0 Å². The number of thiophene rings is 1. The van der Waals surface area contributed by atoms with E-state index in [9.17, 15) is 9.59 Å². The molecule has 0 spiro atoms. The lowest BCUT2D eigenvalue weighted by Crippen LogP contribution is -2.26. The van der Waals surface area contributed by atoms with Crippen molar-refractivity contribution in [3.63, 3.8) is 0 Å². The van der Waals surface area contributed by atoms with Gasteiger partial charge in [0.05, 0.1) is 11.9 Å².